The monoisotopic (exact) mass is 312 g/mol. The second-order valence-electron chi connectivity index (χ2n) is 4.88. The Balaban J connectivity index is 2.15. The normalized spacial score (nSPS) is 23.3. The van der Waals surface area contributed by atoms with E-state index in [-0.39, 0.29) is 0 Å². The summed E-state index contributed by atoms with van der Waals surface area (Å²) in [6.45, 7) is 1.38. The zero-order chi connectivity index (χ0) is 13.0. The highest BCUT2D eigenvalue weighted by Crippen LogP contribution is 2.31. The van der Waals surface area contributed by atoms with Gasteiger partial charge in [-0.15, -0.1) is 0 Å². The lowest BCUT2D eigenvalue weighted by molar-refractivity contribution is 0.185. The van der Waals surface area contributed by atoms with E-state index in [1.54, 1.807) is 7.11 Å². The molecule has 0 radical (unpaired) electrons. The first kappa shape index (κ1) is 13.8. The van der Waals surface area contributed by atoms with Crippen LogP contribution in [0.5, 0.6) is 0 Å². The van der Waals surface area contributed by atoms with Crippen molar-refractivity contribution in [1.29, 1.82) is 0 Å². The third-order valence-corrected chi connectivity index (χ3v) is 4.45. The molecule has 3 N–H and O–H groups in total. The van der Waals surface area contributed by atoms with Crippen LogP contribution < -0.4 is 11.1 Å². The summed E-state index contributed by atoms with van der Waals surface area (Å²) in [5.41, 5.74) is 8.18. The van der Waals surface area contributed by atoms with Gasteiger partial charge in [-0.1, -0.05) is 28.4 Å². The van der Waals surface area contributed by atoms with E-state index < -0.39 is 0 Å². The van der Waals surface area contributed by atoms with Crippen LogP contribution in [-0.4, -0.2) is 19.7 Å². The predicted molar refractivity (Wildman–Crippen MR) is 78.7 cm³/mol. The summed E-state index contributed by atoms with van der Waals surface area (Å²) in [5.74, 6) is 0.597. The summed E-state index contributed by atoms with van der Waals surface area (Å²) < 4.78 is 6.37. The van der Waals surface area contributed by atoms with Gasteiger partial charge in [0.1, 0.15) is 0 Å². The van der Waals surface area contributed by atoms with E-state index in [4.69, 9.17) is 10.5 Å². The third-order valence-electron chi connectivity index (χ3n) is 3.71. The summed E-state index contributed by atoms with van der Waals surface area (Å²) in [7, 11) is 1.72. The maximum Gasteiger partial charge on any atom is 0.0744 e. The molecule has 2 atom stereocenters. The van der Waals surface area contributed by atoms with Gasteiger partial charge in [-0.2, -0.15) is 0 Å². The van der Waals surface area contributed by atoms with Gasteiger partial charge >= 0.3 is 0 Å². The van der Waals surface area contributed by atoms with Crippen LogP contribution >= 0.6 is 15.9 Å². The molecule has 0 aliphatic heterocycles. The molecule has 0 spiro atoms. The SMILES string of the molecule is COCc1c(Br)cccc1NC1CCCC1CN. The Kier molecular flexibility index (Phi) is 5.03. The van der Waals surface area contributed by atoms with Crippen molar-refractivity contribution < 1.29 is 4.74 Å². The minimum atomic E-state index is 0.500. The molecule has 0 saturated heterocycles. The molecule has 0 amide bonds. The highest BCUT2D eigenvalue weighted by molar-refractivity contribution is 9.10. The van der Waals surface area contributed by atoms with Crippen molar-refractivity contribution in [3.8, 4) is 0 Å². The van der Waals surface area contributed by atoms with Crippen molar-refractivity contribution in [1.82, 2.24) is 0 Å². The lowest BCUT2D eigenvalue weighted by atomic mass is 10.0. The van der Waals surface area contributed by atoms with Gasteiger partial charge in [0.2, 0.25) is 0 Å². The number of ether oxygens (including phenoxy) is 1. The van der Waals surface area contributed by atoms with Gasteiger partial charge in [-0.3, -0.25) is 0 Å². The van der Waals surface area contributed by atoms with Crippen molar-refractivity contribution in [3.63, 3.8) is 0 Å². The molecule has 0 heterocycles. The van der Waals surface area contributed by atoms with E-state index in [0.29, 0.717) is 18.6 Å². The van der Waals surface area contributed by atoms with Crippen LogP contribution in [0.2, 0.25) is 0 Å². The highest BCUT2D eigenvalue weighted by Gasteiger charge is 2.26. The number of methoxy groups -OCH3 is 1. The van der Waals surface area contributed by atoms with Crippen molar-refractivity contribution >= 4 is 21.6 Å². The molecular weight excluding hydrogens is 292 g/mol. The highest BCUT2D eigenvalue weighted by atomic mass is 79.9. The van der Waals surface area contributed by atoms with E-state index in [1.807, 2.05) is 0 Å². The summed E-state index contributed by atoms with van der Waals surface area (Å²) in [6, 6.07) is 6.72. The number of hydrogen-bond acceptors (Lipinski definition) is 3. The number of anilines is 1. The Bertz CT molecular complexity index is 397. The maximum absolute atomic E-state index is 5.83. The predicted octanol–water partition coefficient (Wildman–Crippen LogP) is 3.13. The fourth-order valence-electron chi connectivity index (χ4n) is 2.69. The molecule has 0 aromatic heterocycles. The van der Waals surface area contributed by atoms with Crippen LogP contribution in [0, 0.1) is 5.92 Å². The number of rotatable bonds is 5. The van der Waals surface area contributed by atoms with Crippen molar-refractivity contribution in [2.75, 3.05) is 19.0 Å². The van der Waals surface area contributed by atoms with Crippen LogP contribution in [0.25, 0.3) is 0 Å². The molecule has 4 heteroatoms. The first-order chi connectivity index (χ1) is 8.76. The van der Waals surface area contributed by atoms with Gasteiger partial charge in [0.05, 0.1) is 6.61 Å². The van der Waals surface area contributed by atoms with E-state index >= 15 is 0 Å². The molecule has 1 aliphatic rings. The van der Waals surface area contributed by atoms with Crippen LogP contribution in [0.3, 0.4) is 0 Å². The second kappa shape index (κ2) is 6.55. The van der Waals surface area contributed by atoms with Crippen LogP contribution in [0.4, 0.5) is 5.69 Å². The van der Waals surface area contributed by atoms with Crippen molar-refractivity contribution in [3.05, 3.63) is 28.2 Å². The average Bonchev–Trinajstić information content (AvgIpc) is 2.81. The molecule has 3 nitrogen and oxygen atoms in total. The Morgan fingerprint density at radius 2 is 2.28 bits per heavy atom. The summed E-state index contributed by atoms with van der Waals surface area (Å²) in [5, 5.41) is 3.65. The molecule has 1 aromatic carbocycles. The molecule has 2 rings (SSSR count). The van der Waals surface area contributed by atoms with Gasteiger partial charge < -0.3 is 15.8 Å². The number of benzene rings is 1. The molecule has 1 saturated carbocycles. The van der Waals surface area contributed by atoms with Crippen molar-refractivity contribution in [2.45, 2.75) is 31.9 Å². The summed E-state index contributed by atoms with van der Waals surface area (Å²) in [4.78, 5) is 0. The average molecular weight is 313 g/mol. The van der Waals surface area contributed by atoms with E-state index in [2.05, 4.69) is 39.4 Å². The number of halogens is 1. The number of nitrogens with one attached hydrogen (secondary N) is 1. The fraction of sp³-hybridized carbons (Fsp3) is 0.571. The minimum absolute atomic E-state index is 0.500. The number of nitrogens with two attached hydrogens (primary N) is 1. The van der Waals surface area contributed by atoms with Gasteiger partial charge in [0.15, 0.2) is 0 Å². The topological polar surface area (TPSA) is 47.3 Å². The zero-order valence-electron chi connectivity index (χ0n) is 10.8. The Morgan fingerprint density at radius 1 is 1.44 bits per heavy atom. The van der Waals surface area contributed by atoms with Gasteiger partial charge in [0.25, 0.3) is 0 Å². The molecule has 1 aromatic rings. The molecule has 100 valence electrons. The smallest absolute Gasteiger partial charge is 0.0744 e. The van der Waals surface area contributed by atoms with E-state index in [0.717, 1.165) is 16.7 Å². The summed E-state index contributed by atoms with van der Waals surface area (Å²) in [6.07, 6.45) is 3.72. The zero-order valence-corrected chi connectivity index (χ0v) is 12.4. The maximum atomic E-state index is 5.83. The number of hydrogen-bond donors (Lipinski definition) is 2. The van der Waals surface area contributed by atoms with Crippen LogP contribution in [-0.2, 0) is 11.3 Å². The van der Waals surface area contributed by atoms with E-state index in [1.165, 1.54) is 24.8 Å². The lowest BCUT2D eigenvalue weighted by Gasteiger charge is -2.23. The first-order valence-electron chi connectivity index (χ1n) is 6.49. The molecule has 18 heavy (non-hydrogen) atoms. The van der Waals surface area contributed by atoms with E-state index in [9.17, 15) is 0 Å². The van der Waals surface area contributed by atoms with Crippen LogP contribution in [0.15, 0.2) is 22.7 Å². The third kappa shape index (κ3) is 3.05. The standard InChI is InChI=1S/C14H21BrN2O/c1-18-9-11-12(15)5-3-7-14(11)17-13-6-2-4-10(13)8-16/h3,5,7,10,13,17H,2,4,6,8-9,16H2,1H3. The molecule has 2 unspecified atom stereocenters. The molecule has 1 aliphatic carbocycles. The lowest BCUT2D eigenvalue weighted by Crippen LogP contribution is -2.29. The Labute approximate surface area is 117 Å². The van der Waals surface area contributed by atoms with Crippen molar-refractivity contribution in [2.24, 2.45) is 11.7 Å². The Morgan fingerprint density at radius 3 is 3.00 bits per heavy atom. The minimum Gasteiger partial charge on any atom is -0.382 e. The Hall–Kier alpha value is -0.580. The second-order valence-corrected chi connectivity index (χ2v) is 5.73. The quantitative estimate of drug-likeness (QED) is 0.878. The first-order valence-corrected chi connectivity index (χ1v) is 7.28. The molecular formula is C14H21BrN2O. The fourth-order valence-corrected chi connectivity index (χ4v) is 3.17. The van der Waals surface area contributed by atoms with Gasteiger partial charge in [0, 0.05) is 28.9 Å². The largest absolute Gasteiger partial charge is 0.382 e. The van der Waals surface area contributed by atoms with Crippen LogP contribution in [0.1, 0.15) is 24.8 Å². The molecule has 0 bridgehead atoms. The summed E-state index contributed by atoms with van der Waals surface area (Å²) >= 11 is 3.59. The van der Waals surface area contributed by atoms with Gasteiger partial charge in [-0.05, 0) is 37.4 Å². The van der Waals surface area contributed by atoms with Gasteiger partial charge in [-0.25, -0.2) is 0 Å². The molecule has 1 fully saturated rings.